The van der Waals surface area contributed by atoms with Crippen LogP contribution in [0.3, 0.4) is 0 Å². The van der Waals surface area contributed by atoms with E-state index in [1.54, 1.807) is 42.5 Å². The van der Waals surface area contributed by atoms with Crippen molar-refractivity contribution in [3.8, 4) is 5.75 Å². The molecule has 0 heterocycles. The molecule has 3 rings (SSSR count). The second-order valence-corrected chi connectivity index (χ2v) is 9.07. The van der Waals surface area contributed by atoms with Gasteiger partial charge in [0.2, 0.25) is 0 Å². The second-order valence-electron chi connectivity index (χ2n) is 7.11. The molecule has 3 aromatic rings. The molecule has 31 heavy (non-hydrogen) atoms. The maximum Gasteiger partial charge on any atom is 0.264 e. The molecular weight excluding hydrogens is 412 g/mol. The van der Waals surface area contributed by atoms with E-state index < -0.39 is 10.0 Å². The van der Waals surface area contributed by atoms with Gasteiger partial charge in [-0.25, -0.2) is 8.42 Å². The number of nitrogens with zero attached hydrogens (tertiary/aromatic N) is 1. The van der Waals surface area contributed by atoms with Gasteiger partial charge in [-0.05, 0) is 55.3 Å². The zero-order valence-corrected chi connectivity index (χ0v) is 18.6. The molecule has 6 nitrogen and oxygen atoms in total. The quantitative estimate of drug-likeness (QED) is 0.541. The molecule has 0 radical (unpaired) electrons. The van der Waals surface area contributed by atoms with E-state index in [-0.39, 0.29) is 22.9 Å². The SMILES string of the molecule is Cc1cccc(OCCNC(=O)c2ccccc2N(C)S(=O)(=O)c2ccccc2)c1C. The molecule has 7 heteroatoms. The lowest BCUT2D eigenvalue weighted by Crippen LogP contribution is -2.32. The monoisotopic (exact) mass is 438 g/mol. The van der Waals surface area contributed by atoms with Crippen LogP contribution in [0, 0.1) is 13.8 Å². The van der Waals surface area contributed by atoms with E-state index in [1.807, 2.05) is 32.0 Å². The molecule has 1 N–H and O–H groups in total. The molecular formula is C24H26N2O4S. The summed E-state index contributed by atoms with van der Waals surface area (Å²) < 4.78 is 32.8. The summed E-state index contributed by atoms with van der Waals surface area (Å²) in [6.45, 7) is 4.59. The average Bonchev–Trinajstić information content (AvgIpc) is 2.79. The first-order valence-corrected chi connectivity index (χ1v) is 11.4. The van der Waals surface area contributed by atoms with E-state index in [0.717, 1.165) is 21.2 Å². The molecule has 0 bridgehead atoms. The Kier molecular flexibility index (Phi) is 6.97. The first-order chi connectivity index (χ1) is 14.8. The van der Waals surface area contributed by atoms with Crippen molar-refractivity contribution in [2.75, 3.05) is 24.5 Å². The standard InChI is InChI=1S/C24H26N2O4S/c1-18-10-9-15-23(19(18)2)30-17-16-25-24(27)21-13-7-8-14-22(21)26(3)31(28,29)20-11-5-4-6-12-20/h4-15H,16-17H2,1-3H3,(H,25,27). The van der Waals surface area contributed by atoms with Crippen molar-refractivity contribution in [2.24, 2.45) is 0 Å². The topological polar surface area (TPSA) is 75.7 Å². The van der Waals surface area contributed by atoms with Crippen LogP contribution in [0.5, 0.6) is 5.75 Å². The fraction of sp³-hybridized carbons (Fsp3) is 0.208. The van der Waals surface area contributed by atoms with Gasteiger partial charge in [0.25, 0.3) is 15.9 Å². The van der Waals surface area contributed by atoms with Crippen molar-refractivity contribution < 1.29 is 17.9 Å². The van der Waals surface area contributed by atoms with Crippen LogP contribution < -0.4 is 14.4 Å². The van der Waals surface area contributed by atoms with E-state index in [0.29, 0.717) is 12.3 Å². The highest BCUT2D eigenvalue weighted by atomic mass is 32.2. The van der Waals surface area contributed by atoms with Gasteiger partial charge in [-0.15, -0.1) is 0 Å². The summed E-state index contributed by atoms with van der Waals surface area (Å²) in [7, 11) is -2.35. The molecule has 0 aliphatic rings. The number of para-hydroxylation sites is 1. The third-order valence-electron chi connectivity index (χ3n) is 5.09. The van der Waals surface area contributed by atoms with Gasteiger partial charge < -0.3 is 10.1 Å². The first-order valence-electron chi connectivity index (χ1n) is 9.92. The number of carbonyl (C=O) groups excluding carboxylic acids is 1. The second kappa shape index (κ2) is 9.66. The number of carbonyl (C=O) groups is 1. The summed E-state index contributed by atoms with van der Waals surface area (Å²) in [4.78, 5) is 12.9. The molecule has 162 valence electrons. The maximum atomic E-state index is 13.0. The molecule has 0 aliphatic carbocycles. The number of amides is 1. The third-order valence-corrected chi connectivity index (χ3v) is 6.88. The summed E-state index contributed by atoms with van der Waals surface area (Å²) in [5.74, 6) is 0.415. The third kappa shape index (κ3) is 5.06. The Hall–Kier alpha value is -3.32. The van der Waals surface area contributed by atoms with Gasteiger partial charge >= 0.3 is 0 Å². The molecule has 0 saturated carbocycles. The van der Waals surface area contributed by atoms with Crippen molar-refractivity contribution in [1.82, 2.24) is 5.32 Å². The summed E-state index contributed by atoms with van der Waals surface area (Å²) in [6.07, 6.45) is 0. The highest BCUT2D eigenvalue weighted by Gasteiger charge is 2.24. The van der Waals surface area contributed by atoms with Gasteiger partial charge in [0, 0.05) is 7.05 Å². The largest absolute Gasteiger partial charge is 0.491 e. The molecule has 0 saturated heterocycles. The van der Waals surface area contributed by atoms with Gasteiger partial charge in [0.15, 0.2) is 0 Å². The number of rotatable bonds is 8. The molecule has 3 aromatic carbocycles. The highest BCUT2D eigenvalue weighted by molar-refractivity contribution is 7.92. The van der Waals surface area contributed by atoms with E-state index in [1.165, 1.54) is 19.2 Å². The Morgan fingerprint density at radius 1 is 0.935 bits per heavy atom. The van der Waals surface area contributed by atoms with Gasteiger partial charge in [-0.2, -0.15) is 0 Å². The number of sulfonamides is 1. The summed E-state index contributed by atoms with van der Waals surface area (Å²) in [5.41, 5.74) is 2.78. The lowest BCUT2D eigenvalue weighted by Gasteiger charge is -2.22. The molecule has 0 fully saturated rings. The van der Waals surface area contributed by atoms with E-state index >= 15 is 0 Å². The lowest BCUT2D eigenvalue weighted by molar-refractivity contribution is 0.0947. The average molecular weight is 439 g/mol. The van der Waals surface area contributed by atoms with Crippen LogP contribution in [0.25, 0.3) is 0 Å². The Labute approximate surface area is 183 Å². The predicted molar refractivity (Wildman–Crippen MR) is 122 cm³/mol. The number of anilines is 1. The number of aryl methyl sites for hydroxylation is 1. The number of ether oxygens (including phenoxy) is 1. The summed E-state index contributed by atoms with van der Waals surface area (Å²) in [5, 5.41) is 2.80. The van der Waals surface area contributed by atoms with E-state index in [9.17, 15) is 13.2 Å². The zero-order valence-electron chi connectivity index (χ0n) is 17.8. The Morgan fingerprint density at radius 3 is 2.35 bits per heavy atom. The van der Waals surface area contributed by atoms with Crippen molar-refractivity contribution in [2.45, 2.75) is 18.7 Å². The van der Waals surface area contributed by atoms with Gasteiger partial charge in [0.1, 0.15) is 12.4 Å². The van der Waals surface area contributed by atoms with Gasteiger partial charge in [-0.3, -0.25) is 9.10 Å². The van der Waals surface area contributed by atoms with Crippen LogP contribution in [0.4, 0.5) is 5.69 Å². The number of hydrogen-bond acceptors (Lipinski definition) is 4. The molecule has 1 amide bonds. The Morgan fingerprint density at radius 2 is 1.61 bits per heavy atom. The Bertz CT molecular complexity index is 1160. The molecule has 0 unspecified atom stereocenters. The molecule has 0 aliphatic heterocycles. The van der Waals surface area contributed by atoms with Gasteiger partial charge in [-0.1, -0.05) is 42.5 Å². The molecule has 0 aromatic heterocycles. The van der Waals surface area contributed by atoms with Crippen LogP contribution in [0.15, 0.2) is 77.7 Å². The summed E-state index contributed by atoms with van der Waals surface area (Å²) >= 11 is 0. The van der Waals surface area contributed by atoms with Crippen LogP contribution in [-0.4, -0.2) is 34.5 Å². The highest BCUT2D eigenvalue weighted by Crippen LogP contribution is 2.25. The Balaban J connectivity index is 1.69. The minimum Gasteiger partial charge on any atom is -0.491 e. The fourth-order valence-electron chi connectivity index (χ4n) is 3.12. The van der Waals surface area contributed by atoms with E-state index in [2.05, 4.69) is 5.32 Å². The number of hydrogen-bond donors (Lipinski definition) is 1. The first kappa shape index (κ1) is 22.4. The van der Waals surface area contributed by atoms with Crippen molar-refractivity contribution in [1.29, 1.82) is 0 Å². The lowest BCUT2D eigenvalue weighted by atomic mass is 10.1. The van der Waals surface area contributed by atoms with Crippen LogP contribution >= 0.6 is 0 Å². The molecule has 0 atom stereocenters. The van der Waals surface area contributed by atoms with E-state index in [4.69, 9.17) is 4.74 Å². The number of nitrogens with one attached hydrogen (secondary N) is 1. The zero-order chi connectivity index (χ0) is 22.4. The predicted octanol–water partition coefficient (Wildman–Crippen LogP) is 3.94. The van der Waals surface area contributed by atoms with Crippen LogP contribution in [0.2, 0.25) is 0 Å². The van der Waals surface area contributed by atoms with Crippen molar-refractivity contribution >= 4 is 21.6 Å². The smallest absolute Gasteiger partial charge is 0.264 e. The summed E-state index contributed by atoms with van der Waals surface area (Å²) in [6, 6.07) is 20.6. The fourth-order valence-corrected chi connectivity index (χ4v) is 4.36. The maximum absolute atomic E-state index is 13.0. The minimum absolute atomic E-state index is 0.162. The van der Waals surface area contributed by atoms with Crippen LogP contribution in [0.1, 0.15) is 21.5 Å². The van der Waals surface area contributed by atoms with Crippen molar-refractivity contribution in [3.63, 3.8) is 0 Å². The number of benzene rings is 3. The van der Waals surface area contributed by atoms with Crippen molar-refractivity contribution in [3.05, 3.63) is 89.5 Å². The van der Waals surface area contributed by atoms with Crippen LogP contribution in [-0.2, 0) is 10.0 Å². The minimum atomic E-state index is -3.79. The molecule has 0 spiro atoms. The normalized spacial score (nSPS) is 11.1. The van der Waals surface area contributed by atoms with Gasteiger partial charge in [0.05, 0.1) is 22.7 Å².